The van der Waals surface area contributed by atoms with Crippen LogP contribution in [0.4, 0.5) is 0 Å². The van der Waals surface area contributed by atoms with Gasteiger partial charge in [-0.2, -0.15) is 0 Å². The molecule has 0 N–H and O–H groups in total. The largest absolute Gasteiger partial charge is 0.485 e. The van der Waals surface area contributed by atoms with Crippen LogP contribution in [0.3, 0.4) is 0 Å². The van der Waals surface area contributed by atoms with Gasteiger partial charge in [-0.15, -0.1) is 22.7 Å². The maximum absolute atomic E-state index is 6.03. The highest BCUT2D eigenvalue weighted by Crippen LogP contribution is 2.54. The first kappa shape index (κ1) is 12.3. The summed E-state index contributed by atoms with van der Waals surface area (Å²) >= 11 is 3.25. The van der Waals surface area contributed by atoms with Crippen molar-refractivity contribution in [3.05, 3.63) is 10.8 Å². The van der Waals surface area contributed by atoms with Crippen molar-refractivity contribution in [2.75, 3.05) is 13.2 Å². The van der Waals surface area contributed by atoms with Gasteiger partial charge in [0.2, 0.25) is 0 Å². The van der Waals surface area contributed by atoms with Crippen LogP contribution in [0.1, 0.15) is 13.8 Å². The van der Waals surface area contributed by atoms with Gasteiger partial charge < -0.3 is 18.9 Å². The molecule has 0 bridgehead atoms. The third-order valence-corrected chi connectivity index (χ3v) is 5.54. The Hall–Kier alpha value is -1.40. The second-order valence-electron chi connectivity index (χ2n) is 4.86. The van der Waals surface area contributed by atoms with Crippen LogP contribution in [0.15, 0.2) is 10.8 Å². The monoisotopic (exact) mass is 310 g/mol. The summed E-state index contributed by atoms with van der Waals surface area (Å²) in [5.74, 6) is 3.33. The molecule has 0 aliphatic carbocycles. The van der Waals surface area contributed by atoms with E-state index in [-0.39, 0.29) is 12.2 Å². The molecule has 0 saturated heterocycles. The zero-order chi connectivity index (χ0) is 13.7. The van der Waals surface area contributed by atoms with Crippen LogP contribution in [-0.4, -0.2) is 25.4 Å². The molecule has 106 valence electrons. The fourth-order valence-corrected chi connectivity index (χ4v) is 4.28. The third kappa shape index (κ3) is 1.78. The van der Waals surface area contributed by atoms with E-state index in [1.807, 2.05) is 24.6 Å². The van der Waals surface area contributed by atoms with Crippen molar-refractivity contribution in [2.45, 2.75) is 26.1 Å². The first-order valence-electron chi connectivity index (χ1n) is 6.56. The van der Waals surface area contributed by atoms with Crippen molar-refractivity contribution in [2.24, 2.45) is 0 Å². The average molecular weight is 310 g/mol. The molecule has 0 fully saturated rings. The Labute approximate surface area is 124 Å². The maximum atomic E-state index is 6.03. The number of rotatable bonds is 1. The Balaban J connectivity index is 1.79. The highest BCUT2D eigenvalue weighted by Gasteiger charge is 2.31. The van der Waals surface area contributed by atoms with Crippen LogP contribution in [0.5, 0.6) is 23.0 Å². The Bertz CT molecular complexity index is 646. The van der Waals surface area contributed by atoms with Gasteiger partial charge in [-0.05, 0) is 13.8 Å². The highest BCUT2D eigenvalue weighted by molar-refractivity contribution is 7.21. The van der Waals surface area contributed by atoms with E-state index in [1.165, 1.54) is 0 Å². The first-order valence-corrected chi connectivity index (χ1v) is 8.32. The number of hydrogen-bond acceptors (Lipinski definition) is 6. The van der Waals surface area contributed by atoms with E-state index in [0.29, 0.717) is 13.2 Å². The van der Waals surface area contributed by atoms with Gasteiger partial charge >= 0.3 is 0 Å². The fourth-order valence-electron chi connectivity index (χ4n) is 2.28. The Morgan fingerprint density at radius 3 is 2.35 bits per heavy atom. The van der Waals surface area contributed by atoms with Gasteiger partial charge in [0.25, 0.3) is 0 Å². The van der Waals surface area contributed by atoms with Crippen LogP contribution >= 0.6 is 22.7 Å². The summed E-state index contributed by atoms with van der Waals surface area (Å²) in [6.45, 7) is 5.25. The molecule has 0 radical (unpaired) electrons. The second kappa shape index (κ2) is 4.56. The molecule has 4 rings (SSSR count). The molecule has 0 saturated carbocycles. The normalized spacial score (nSPS) is 23.7. The number of ether oxygens (including phenoxy) is 4. The Morgan fingerprint density at radius 1 is 0.850 bits per heavy atom. The van der Waals surface area contributed by atoms with E-state index >= 15 is 0 Å². The number of thiophene rings is 2. The van der Waals surface area contributed by atoms with Crippen LogP contribution < -0.4 is 18.9 Å². The van der Waals surface area contributed by atoms with Crippen molar-refractivity contribution in [1.82, 2.24) is 0 Å². The number of hydrogen-bond donors (Lipinski definition) is 0. The summed E-state index contributed by atoms with van der Waals surface area (Å²) in [4.78, 5) is 2.13. The van der Waals surface area contributed by atoms with Crippen molar-refractivity contribution in [1.29, 1.82) is 0 Å². The van der Waals surface area contributed by atoms with Gasteiger partial charge in [-0.1, -0.05) is 0 Å². The number of fused-ring (bicyclic) bond motifs is 2. The van der Waals surface area contributed by atoms with Crippen LogP contribution in [0.25, 0.3) is 9.75 Å². The first-order chi connectivity index (χ1) is 9.74. The lowest BCUT2D eigenvalue weighted by Crippen LogP contribution is -2.34. The molecule has 6 heteroatoms. The van der Waals surface area contributed by atoms with Gasteiger partial charge in [-0.25, -0.2) is 0 Å². The quantitative estimate of drug-likeness (QED) is 0.803. The van der Waals surface area contributed by atoms with Gasteiger partial charge in [0.1, 0.15) is 25.4 Å². The smallest absolute Gasteiger partial charge is 0.181 e. The second-order valence-corrected chi connectivity index (χ2v) is 6.62. The van der Waals surface area contributed by atoms with Crippen LogP contribution in [0.2, 0.25) is 0 Å². The zero-order valence-electron chi connectivity index (χ0n) is 11.2. The third-order valence-electron chi connectivity index (χ3n) is 3.50. The lowest BCUT2D eigenvalue weighted by molar-refractivity contribution is 0.0447. The molecule has 2 unspecified atom stereocenters. The van der Waals surface area contributed by atoms with Gasteiger partial charge in [0, 0.05) is 10.8 Å². The van der Waals surface area contributed by atoms with E-state index in [0.717, 1.165) is 32.8 Å². The van der Waals surface area contributed by atoms with Gasteiger partial charge in [-0.3, -0.25) is 0 Å². The van der Waals surface area contributed by atoms with E-state index < -0.39 is 0 Å². The average Bonchev–Trinajstić information content (AvgIpc) is 3.03. The molecule has 4 heterocycles. The molecule has 2 aliphatic heterocycles. The maximum Gasteiger partial charge on any atom is 0.181 e. The topological polar surface area (TPSA) is 36.9 Å². The van der Waals surface area contributed by atoms with E-state index in [1.54, 1.807) is 22.7 Å². The van der Waals surface area contributed by atoms with E-state index in [2.05, 4.69) is 0 Å². The molecule has 2 aromatic heterocycles. The minimum absolute atomic E-state index is 0.0452. The Kier molecular flexibility index (Phi) is 2.82. The minimum Gasteiger partial charge on any atom is -0.485 e. The van der Waals surface area contributed by atoms with E-state index in [4.69, 9.17) is 18.9 Å². The summed E-state index contributed by atoms with van der Waals surface area (Å²) in [5.41, 5.74) is 0. The van der Waals surface area contributed by atoms with Crippen molar-refractivity contribution in [3.8, 4) is 32.8 Å². The van der Waals surface area contributed by atoms with Crippen LogP contribution in [-0.2, 0) is 0 Å². The summed E-state index contributed by atoms with van der Waals surface area (Å²) in [5, 5.41) is 3.99. The summed E-state index contributed by atoms with van der Waals surface area (Å²) in [7, 11) is 0. The molecular weight excluding hydrogens is 296 g/mol. The standard InChI is InChI=1S/C14H14O4S2/c1-7-8(2)18-12-10(17-7)6-20-14(12)13-11-9(5-19-13)15-3-4-16-11/h5-8H,3-4H2,1-2H3. The summed E-state index contributed by atoms with van der Waals surface area (Å²) < 4.78 is 23.3. The molecule has 2 atom stereocenters. The van der Waals surface area contributed by atoms with Gasteiger partial charge in [0.15, 0.2) is 23.0 Å². The van der Waals surface area contributed by atoms with Crippen molar-refractivity contribution < 1.29 is 18.9 Å². The van der Waals surface area contributed by atoms with Crippen LogP contribution in [0, 0.1) is 0 Å². The molecule has 0 aromatic carbocycles. The lowest BCUT2D eigenvalue weighted by atomic mass is 10.2. The molecule has 2 aromatic rings. The summed E-state index contributed by atoms with van der Waals surface area (Å²) in [6.07, 6.45) is 0.116. The molecule has 0 amide bonds. The minimum atomic E-state index is 0.0452. The Morgan fingerprint density at radius 2 is 1.50 bits per heavy atom. The predicted octanol–water partition coefficient (Wildman–Crippen LogP) is 3.80. The lowest BCUT2D eigenvalue weighted by Gasteiger charge is -2.28. The molecule has 20 heavy (non-hydrogen) atoms. The molecule has 2 aliphatic rings. The van der Waals surface area contributed by atoms with Crippen molar-refractivity contribution >= 4 is 22.7 Å². The molecule has 4 nitrogen and oxygen atoms in total. The fraction of sp³-hybridized carbons (Fsp3) is 0.429. The zero-order valence-corrected chi connectivity index (χ0v) is 12.8. The molecular formula is C14H14O4S2. The summed E-state index contributed by atoms with van der Waals surface area (Å²) in [6, 6.07) is 0. The SMILES string of the molecule is CC1Oc2csc(-c3scc4c3OCCO4)c2OC1C. The van der Waals surface area contributed by atoms with E-state index in [9.17, 15) is 0 Å². The highest BCUT2D eigenvalue weighted by atomic mass is 32.1. The van der Waals surface area contributed by atoms with Crippen molar-refractivity contribution in [3.63, 3.8) is 0 Å². The molecule has 0 spiro atoms. The predicted molar refractivity (Wildman–Crippen MR) is 78.8 cm³/mol. The van der Waals surface area contributed by atoms with Gasteiger partial charge in [0.05, 0.1) is 9.75 Å².